The molecule has 7 nitrogen and oxygen atoms in total. The molecule has 1 aliphatic rings. The van der Waals surface area contributed by atoms with Crippen LogP contribution in [0, 0.1) is 11.8 Å². The van der Waals surface area contributed by atoms with Crippen LogP contribution in [0.4, 0.5) is 8.78 Å². The number of alkyl halides is 2. The number of piperidine rings is 1. The summed E-state index contributed by atoms with van der Waals surface area (Å²) in [4.78, 5) is 26.0. The van der Waals surface area contributed by atoms with Gasteiger partial charge in [0.25, 0.3) is 17.7 Å². The predicted molar refractivity (Wildman–Crippen MR) is 123 cm³/mol. The molecule has 2 amide bonds. The summed E-state index contributed by atoms with van der Waals surface area (Å²) in [5.74, 6) is 2.25. The number of carbonyl (C=O) groups is 2. The normalized spacial score (nSPS) is 17.1. The molecule has 1 fully saturated rings. The summed E-state index contributed by atoms with van der Waals surface area (Å²) in [6.07, 6.45) is -0.191. The van der Waals surface area contributed by atoms with Crippen molar-refractivity contribution in [3.63, 3.8) is 0 Å². The Labute approximate surface area is 197 Å². The Balaban J connectivity index is 1.57. The molecule has 5 N–H and O–H groups in total. The molecule has 0 aliphatic carbocycles. The lowest BCUT2D eigenvalue weighted by Gasteiger charge is -2.31. The standard InChI is InChI=1S/C25H28F2N4O3/c1-17(28)22(24(33)30-34)29-23(32)21-10-8-19(9-11-21)3-2-18-4-6-20(7-5-18)16-31-14-12-25(26,27)13-15-31/h4-11,17,22,34H,12-16,28H2,1H3,(H,29,32)(H,30,33)/t17-,22+/m1/s1. The van der Waals surface area contributed by atoms with E-state index in [2.05, 4.69) is 17.2 Å². The topological polar surface area (TPSA) is 108 Å². The second kappa shape index (κ2) is 11.2. The summed E-state index contributed by atoms with van der Waals surface area (Å²) < 4.78 is 26.6. The zero-order valence-corrected chi connectivity index (χ0v) is 18.9. The van der Waals surface area contributed by atoms with Gasteiger partial charge in [-0.1, -0.05) is 24.0 Å². The van der Waals surface area contributed by atoms with Gasteiger partial charge in [-0.05, 0) is 48.9 Å². The third kappa shape index (κ3) is 7.09. The fourth-order valence-electron chi connectivity index (χ4n) is 3.57. The summed E-state index contributed by atoms with van der Waals surface area (Å²) in [6.45, 7) is 2.96. The van der Waals surface area contributed by atoms with Gasteiger partial charge in [-0.3, -0.25) is 19.7 Å². The lowest BCUT2D eigenvalue weighted by Crippen LogP contribution is -2.54. The number of nitrogens with two attached hydrogens (primary N) is 1. The third-order valence-electron chi connectivity index (χ3n) is 5.65. The van der Waals surface area contributed by atoms with E-state index < -0.39 is 29.8 Å². The minimum Gasteiger partial charge on any atom is -0.339 e. The van der Waals surface area contributed by atoms with Crippen LogP contribution in [0.3, 0.4) is 0 Å². The molecule has 2 atom stereocenters. The van der Waals surface area contributed by atoms with E-state index in [1.165, 1.54) is 5.48 Å². The van der Waals surface area contributed by atoms with Crippen molar-refractivity contribution in [1.82, 2.24) is 15.7 Å². The lowest BCUT2D eigenvalue weighted by atomic mass is 10.1. The Bertz CT molecular complexity index is 1050. The number of benzene rings is 2. The molecular formula is C25H28F2N4O3. The van der Waals surface area contributed by atoms with Gasteiger partial charge in [0.2, 0.25) is 0 Å². The van der Waals surface area contributed by atoms with Crippen molar-refractivity contribution in [2.45, 2.75) is 44.3 Å². The van der Waals surface area contributed by atoms with Crippen molar-refractivity contribution in [1.29, 1.82) is 0 Å². The molecule has 0 saturated carbocycles. The molecule has 2 aromatic rings. The van der Waals surface area contributed by atoms with Crippen LogP contribution in [0.5, 0.6) is 0 Å². The highest BCUT2D eigenvalue weighted by molar-refractivity contribution is 5.97. The van der Waals surface area contributed by atoms with E-state index >= 15 is 0 Å². The molecule has 0 unspecified atom stereocenters. The molecule has 0 bridgehead atoms. The first-order valence-corrected chi connectivity index (χ1v) is 11.0. The predicted octanol–water partition coefficient (Wildman–Crippen LogP) is 2.27. The third-order valence-corrected chi connectivity index (χ3v) is 5.65. The molecule has 0 radical (unpaired) electrons. The van der Waals surface area contributed by atoms with Gasteiger partial charge < -0.3 is 11.1 Å². The summed E-state index contributed by atoms with van der Waals surface area (Å²) in [5, 5.41) is 11.3. The van der Waals surface area contributed by atoms with E-state index in [0.29, 0.717) is 30.8 Å². The molecule has 9 heteroatoms. The lowest BCUT2D eigenvalue weighted by molar-refractivity contribution is -0.131. The summed E-state index contributed by atoms with van der Waals surface area (Å²) in [5.41, 5.74) is 10.1. The van der Waals surface area contributed by atoms with Crippen molar-refractivity contribution < 1.29 is 23.6 Å². The van der Waals surface area contributed by atoms with E-state index in [4.69, 9.17) is 10.9 Å². The number of amides is 2. The highest BCUT2D eigenvalue weighted by Crippen LogP contribution is 2.28. The maximum absolute atomic E-state index is 13.3. The fourth-order valence-corrected chi connectivity index (χ4v) is 3.57. The highest BCUT2D eigenvalue weighted by Gasteiger charge is 2.33. The molecule has 180 valence electrons. The van der Waals surface area contributed by atoms with Crippen LogP contribution in [-0.2, 0) is 11.3 Å². The molecule has 2 aromatic carbocycles. The molecule has 1 aliphatic heterocycles. The number of carbonyl (C=O) groups excluding carboxylic acids is 2. The van der Waals surface area contributed by atoms with Crippen LogP contribution in [0.25, 0.3) is 0 Å². The maximum Gasteiger partial charge on any atom is 0.267 e. The highest BCUT2D eigenvalue weighted by atomic mass is 19.3. The number of nitrogens with zero attached hydrogens (tertiary/aromatic N) is 1. The van der Waals surface area contributed by atoms with Crippen LogP contribution in [0.2, 0.25) is 0 Å². The van der Waals surface area contributed by atoms with E-state index in [1.54, 1.807) is 31.2 Å². The first-order valence-electron chi connectivity index (χ1n) is 11.0. The number of halogens is 2. The number of likely N-dealkylation sites (tertiary alicyclic amines) is 1. The van der Waals surface area contributed by atoms with Gasteiger partial charge in [0, 0.05) is 55.2 Å². The SMILES string of the molecule is C[C@@H](N)[C@H](NC(=O)c1ccc(C#Cc2ccc(CN3CCC(F)(F)CC3)cc2)cc1)C(=O)NO. The maximum atomic E-state index is 13.3. The van der Waals surface area contributed by atoms with Crippen molar-refractivity contribution in [2.24, 2.45) is 5.73 Å². The van der Waals surface area contributed by atoms with E-state index in [0.717, 1.165) is 11.1 Å². The second-order valence-corrected chi connectivity index (χ2v) is 8.44. The smallest absolute Gasteiger partial charge is 0.267 e. The Kier molecular flexibility index (Phi) is 8.34. The molecule has 34 heavy (non-hydrogen) atoms. The Morgan fingerprint density at radius 1 is 1.06 bits per heavy atom. The fraction of sp³-hybridized carbons (Fsp3) is 0.360. The molecular weight excluding hydrogens is 442 g/mol. The molecule has 0 spiro atoms. The average molecular weight is 471 g/mol. The van der Waals surface area contributed by atoms with Crippen LogP contribution < -0.4 is 16.5 Å². The van der Waals surface area contributed by atoms with Gasteiger partial charge in [0.15, 0.2) is 0 Å². The van der Waals surface area contributed by atoms with Crippen LogP contribution in [-0.4, -0.2) is 53.0 Å². The van der Waals surface area contributed by atoms with Gasteiger partial charge in [-0.25, -0.2) is 14.3 Å². The van der Waals surface area contributed by atoms with Gasteiger partial charge >= 0.3 is 0 Å². The zero-order valence-electron chi connectivity index (χ0n) is 18.9. The van der Waals surface area contributed by atoms with Crippen molar-refractivity contribution in [3.05, 3.63) is 70.8 Å². The minimum atomic E-state index is -2.54. The quantitative estimate of drug-likeness (QED) is 0.294. The second-order valence-electron chi connectivity index (χ2n) is 8.44. The summed E-state index contributed by atoms with van der Waals surface area (Å²) in [6, 6.07) is 12.5. The number of hydroxylamine groups is 1. The first kappa shape index (κ1) is 25.3. The van der Waals surface area contributed by atoms with Crippen LogP contribution >= 0.6 is 0 Å². The number of hydrogen-bond donors (Lipinski definition) is 4. The van der Waals surface area contributed by atoms with Crippen molar-refractivity contribution in [2.75, 3.05) is 13.1 Å². The van der Waals surface area contributed by atoms with E-state index in [1.807, 2.05) is 29.2 Å². The van der Waals surface area contributed by atoms with Gasteiger partial charge in [-0.2, -0.15) is 0 Å². The van der Waals surface area contributed by atoms with E-state index in [9.17, 15) is 18.4 Å². The number of rotatable bonds is 6. The number of hydrogen-bond acceptors (Lipinski definition) is 5. The van der Waals surface area contributed by atoms with Gasteiger partial charge in [0.05, 0.1) is 0 Å². The monoisotopic (exact) mass is 470 g/mol. The molecule has 0 aromatic heterocycles. The number of nitrogens with one attached hydrogen (secondary N) is 2. The largest absolute Gasteiger partial charge is 0.339 e. The van der Waals surface area contributed by atoms with E-state index in [-0.39, 0.29) is 12.8 Å². The molecule has 1 saturated heterocycles. The van der Waals surface area contributed by atoms with Crippen molar-refractivity contribution >= 4 is 11.8 Å². The van der Waals surface area contributed by atoms with Crippen LogP contribution in [0.15, 0.2) is 48.5 Å². The summed E-state index contributed by atoms with van der Waals surface area (Å²) >= 11 is 0. The molecule has 1 heterocycles. The Morgan fingerprint density at radius 3 is 2.09 bits per heavy atom. The first-order chi connectivity index (χ1) is 16.2. The minimum absolute atomic E-state index is 0.0955. The van der Waals surface area contributed by atoms with Crippen LogP contribution in [0.1, 0.15) is 46.8 Å². The van der Waals surface area contributed by atoms with Gasteiger partial charge in [0.1, 0.15) is 6.04 Å². The Hall–Kier alpha value is -3.32. The average Bonchev–Trinajstić information content (AvgIpc) is 2.83. The Morgan fingerprint density at radius 2 is 1.59 bits per heavy atom. The van der Waals surface area contributed by atoms with Crippen molar-refractivity contribution in [3.8, 4) is 11.8 Å². The molecule has 3 rings (SSSR count). The zero-order chi connectivity index (χ0) is 24.7. The van der Waals surface area contributed by atoms with Gasteiger partial charge in [-0.15, -0.1) is 0 Å². The summed E-state index contributed by atoms with van der Waals surface area (Å²) in [7, 11) is 0.